The summed E-state index contributed by atoms with van der Waals surface area (Å²) in [5, 5.41) is 6.79. The second-order valence-corrected chi connectivity index (χ2v) is 9.32. The molecule has 4 rings (SSSR count). The van der Waals surface area contributed by atoms with Crippen molar-refractivity contribution in [1.82, 2.24) is 9.78 Å². The molecule has 1 fully saturated rings. The summed E-state index contributed by atoms with van der Waals surface area (Å²) in [6.07, 6.45) is -3.13. The first-order valence-corrected chi connectivity index (χ1v) is 11.5. The maximum absolute atomic E-state index is 13.2. The van der Waals surface area contributed by atoms with E-state index in [4.69, 9.17) is 23.2 Å². The predicted molar refractivity (Wildman–Crippen MR) is 119 cm³/mol. The summed E-state index contributed by atoms with van der Waals surface area (Å²) in [6.45, 7) is 0.0138. The number of anilines is 1. The van der Waals surface area contributed by atoms with Crippen LogP contribution in [0.3, 0.4) is 0 Å². The van der Waals surface area contributed by atoms with Gasteiger partial charge in [0.2, 0.25) is 5.91 Å². The van der Waals surface area contributed by atoms with Gasteiger partial charge >= 0.3 is 6.18 Å². The predicted octanol–water partition coefficient (Wildman–Crippen LogP) is 7.27. The topological polar surface area (TPSA) is 46.9 Å². The highest BCUT2D eigenvalue weighted by Crippen LogP contribution is 2.47. The molecule has 168 valence electrons. The van der Waals surface area contributed by atoms with E-state index in [0.29, 0.717) is 16.4 Å². The van der Waals surface area contributed by atoms with Crippen LogP contribution in [-0.2, 0) is 17.5 Å². The summed E-state index contributed by atoms with van der Waals surface area (Å²) in [5.41, 5.74) is -0.106. The Labute approximate surface area is 197 Å². The van der Waals surface area contributed by atoms with Crippen molar-refractivity contribution in [3.05, 3.63) is 70.0 Å². The molecule has 32 heavy (non-hydrogen) atoms. The number of para-hydroxylation sites is 1. The molecular formula is C22H18Cl2F3N3OS. The lowest BCUT2D eigenvalue weighted by molar-refractivity contribution is -0.141. The van der Waals surface area contributed by atoms with Crippen LogP contribution >= 0.6 is 35.0 Å². The lowest BCUT2D eigenvalue weighted by atomic mass is 10.2. The van der Waals surface area contributed by atoms with Crippen molar-refractivity contribution in [2.45, 2.75) is 47.7 Å². The Hall–Kier alpha value is -2.16. The second kappa shape index (κ2) is 9.37. The van der Waals surface area contributed by atoms with Crippen molar-refractivity contribution in [3.8, 4) is 0 Å². The van der Waals surface area contributed by atoms with Gasteiger partial charge in [-0.25, -0.2) is 0 Å². The van der Waals surface area contributed by atoms with Gasteiger partial charge in [0, 0.05) is 27.2 Å². The van der Waals surface area contributed by atoms with E-state index >= 15 is 0 Å². The Morgan fingerprint density at radius 2 is 1.81 bits per heavy atom. The van der Waals surface area contributed by atoms with Crippen molar-refractivity contribution < 1.29 is 18.0 Å². The molecule has 2 aromatic carbocycles. The first-order chi connectivity index (χ1) is 15.2. The van der Waals surface area contributed by atoms with Crippen LogP contribution in [0.15, 0.2) is 58.3 Å². The van der Waals surface area contributed by atoms with Gasteiger partial charge in [-0.15, -0.1) is 0 Å². The summed E-state index contributed by atoms with van der Waals surface area (Å²) in [5.74, 6) is -0.359. The number of carbonyl (C=O) groups excluding carboxylic acids is 1. The fourth-order valence-corrected chi connectivity index (χ4v) is 4.68. The van der Waals surface area contributed by atoms with Crippen molar-refractivity contribution in [2.75, 3.05) is 5.32 Å². The van der Waals surface area contributed by atoms with Crippen molar-refractivity contribution in [3.63, 3.8) is 0 Å². The maximum Gasteiger partial charge on any atom is 0.436 e. The van der Waals surface area contributed by atoms with Gasteiger partial charge < -0.3 is 5.32 Å². The zero-order valence-electron chi connectivity index (χ0n) is 16.6. The van der Waals surface area contributed by atoms with E-state index in [0.717, 1.165) is 22.6 Å². The zero-order chi connectivity index (χ0) is 22.9. The number of aryl methyl sites for hydroxylation is 1. The second-order valence-electron chi connectivity index (χ2n) is 7.39. The van der Waals surface area contributed by atoms with E-state index in [1.165, 1.54) is 16.4 Å². The third kappa shape index (κ3) is 5.42. The molecule has 0 saturated heterocycles. The number of hydrogen-bond acceptors (Lipinski definition) is 3. The fourth-order valence-electron chi connectivity index (χ4n) is 3.26. The van der Waals surface area contributed by atoms with Gasteiger partial charge in [-0.1, -0.05) is 47.1 Å². The molecule has 10 heteroatoms. The van der Waals surface area contributed by atoms with Crippen LogP contribution in [0.1, 0.15) is 36.6 Å². The van der Waals surface area contributed by atoms with Crippen LogP contribution in [0.2, 0.25) is 10.0 Å². The Kier molecular flexibility index (Phi) is 6.74. The number of alkyl halides is 3. The third-order valence-corrected chi connectivity index (χ3v) is 6.63. The minimum absolute atomic E-state index is 0.0138. The molecule has 3 aromatic rings. The molecule has 1 saturated carbocycles. The normalized spacial score (nSPS) is 13.9. The summed E-state index contributed by atoms with van der Waals surface area (Å²) in [4.78, 5) is 14.4. The standard InChI is InChI=1S/C22H18Cl2F3N3OS/c23-14-7-9-15(10-8-14)32-17-4-2-1-3-16(17)28-18(31)11-12-30-20(13-5-6-13)19(24)21(29-30)22(25,26)27/h1-4,7-10,13H,5-6,11-12H2,(H,28,31). The van der Waals surface area contributed by atoms with Gasteiger partial charge in [0.15, 0.2) is 5.69 Å². The average molecular weight is 500 g/mol. The molecule has 0 aliphatic heterocycles. The minimum atomic E-state index is -4.63. The monoisotopic (exact) mass is 499 g/mol. The Balaban J connectivity index is 1.45. The maximum atomic E-state index is 13.2. The molecule has 0 spiro atoms. The molecule has 1 N–H and O–H groups in total. The molecule has 0 atom stereocenters. The number of rotatable bonds is 7. The van der Waals surface area contributed by atoms with E-state index < -0.39 is 11.9 Å². The molecule has 1 amide bonds. The highest BCUT2D eigenvalue weighted by Gasteiger charge is 2.42. The molecule has 4 nitrogen and oxygen atoms in total. The fraction of sp³-hybridized carbons (Fsp3) is 0.273. The molecule has 1 aliphatic rings. The van der Waals surface area contributed by atoms with Crippen molar-refractivity contribution in [2.24, 2.45) is 0 Å². The van der Waals surface area contributed by atoms with Gasteiger partial charge in [0.25, 0.3) is 0 Å². The molecule has 1 aromatic heterocycles. The summed E-state index contributed by atoms with van der Waals surface area (Å²) in [7, 11) is 0. The number of aromatic nitrogens is 2. The molecule has 0 bridgehead atoms. The quantitative estimate of drug-likeness (QED) is 0.371. The van der Waals surface area contributed by atoms with Gasteiger partial charge in [0.05, 0.1) is 22.9 Å². The lowest BCUT2D eigenvalue weighted by Crippen LogP contribution is -2.17. The van der Waals surface area contributed by atoms with Crippen LogP contribution in [0.4, 0.5) is 18.9 Å². The van der Waals surface area contributed by atoms with E-state index in [9.17, 15) is 18.0 Å². The first-order valence-electron chi connectivity index (χ1n) is 9.88. The number of halogens is 5. The average Bonchev–Trinajstić information content (AvgIpc) is 3.51. The number of nitrogens with one attached hydrogen (secondary N) is 1. The Morgan fingerprint density at radius 3 is 2.47 bits per heavy atom. The van der Waals surface area contributed by atoms with E-state index in [-0.39, 0.29) is 29.8 Å². The van der Waals surface area contributed by atoms with Crippen LogP contribution in [0.5, 0.6) is 0 Å². The summed E-state index contributed by atoms with van der Waals surface area (Å²) < 4.78 is 40.9. The number of carbonyl (C=O) groups is 1. The van der Waals surface area contributed by atoms with E-state index in [1.54, 1.807) is 24.3 Å². The van der Waals surface area contributed by atoms with Crippen LogP contribution in [0, 0.1) is 0 Å². The van der Waals surface area contributed by atoms with E-state index in [2.05, 4.69) is 10.4 Å². The highest BCUT2D eigenvalue weighted by molar-refractivity contribution is 7.99. The van der Waals surface area contributed by atoms with Gasteiger partial charge in [0.1, 0.15) is 0 Å². The number of benzene rings is 2. The molecule has 0 unspecified atom stereocenters. The van der Waals surface area contributed by atoms with Crippen LogP contribution < -0.4 is 5.32 Å². The number of amides is 1. The Bertz CT molecular complexity index is 1130. The van der Waals surface area contributed by atoms with E-state index in [1.807, 2.05) is 24.3 Å². The zero-order valence-corrected chi connectivity index (χ0v) is 19.0. The van der Waals surface area contributed by atoms with Gasteiger partial charge in [-0.05, 0) is 49.2 Å². The van der Waals surface area contributed by atoms with Crippen LogP contribution in [0.25, 0.3) is 0 Å². The largest absolute Gasteiger partial charge is 0.436 e. The molecule has 1 aliphatic carbocycles. The van der Waals surface area contributed by atoms with Gasteiger partial charge in [-0.3, -0.25) is 9.48 Å². The smallest absolute Gasteiger partial charge is 0.325 e. The third-order valence-electron chi connectivity index (χ3n) is 4.92. The first kappa shape index (κ1) is 23.0. The summed E-state index contributed by atoms with van der Waals surface area (Å²) in [6, 6.07) is 14.6. The molecule has 1 heterocycles. The number of nitrogens with zero attached hydrogens (tertiary/aromatic N) is 2. The SMILES string of the molecule is O=C(CCn1nc(C(F)(F)F)c(Cl)c1C1CC1)Nc1ccccc1Sc1ccc(Cl)cc1. The molecular weight excluding hydrogens is 482 g/mol. The van der Waals surface area contributed by atoms with Crippen molar-refractivity contribution >= 4 is 46.6 Å². The van der Waals surface area contributed by atoms with Gasteiger partial charge in [-0.2, -0.15) is 18.3 Å². The summed E-state index contributed by atoms with van der Waals surface area (Å²) >= 11 is 13.4. The van der Waals surface area contributed by atoms with Crippen LogP contribution in [-0.4, -0.2) is 15.7 Å². The number of hydrogen-bond donors (Lipinski definition) is 1. The highest BCUT2D eigenvalue weighted by atomic mass is 35.5. The lowest BCUT2D eigenvalue weighted by Gasteiger charge is -2.12. The molecule has 0 radical (unpaired) electrons. The minimum Gasteiger partial charge on any atom is -0.325 e. The Morgan fingerprint density at radius 1 is 1.12 bits per heavy atom. The van der Waals surface area contributed by atoms with Crippen molar-refractivity contribution in [1.29, 1.82) is 0 Å².